The molecule has 0 fully saturated rings. The lowest BCUT2D eigenvalue weighted by Gasteiger charge is -2.29. The first-order valence-corrected chi connectivity index (χ1v) is 6.71. The molecule has 0 aliphatic carbocycles. The van der Waals surface area contributed by atoms with Crippen molar-refractivity contribution in [2.24, 2.45) is 0 Å². The molecule has 0 unspecified atom stereocenters. The molecule has 0 radical (unpaired) electrons. The fourth-order valence-electron chi connectivity index (χ4n) is 2.84. The second kappa shape index (κ2) is 4.99. The SMILES string of the molecule is CCc1cccc2c1CCN(Cc1ccco1)C2. The molecule has 1 aliphatic heterocycles. The molecule has 1 aliphatic rings. The second-order valence-electron chi connectivity index (χ2n) is 4.95. The lowest BCUT2D eigenvalue weighted by Crippen LogP contribution is -2.30. The summed E-state index contributed by atoms with van der Waals surface area (Å²) in [6, 6.07) is 10.7. The maximum Gasteiger partial charge on any atom is 0.117 e. The van der Waals surface area contributed by atoms with E-state index in [0.29, 0.717) is 0 Å². The monoisotopic (exact) mass is 241 g/mol. The van der Waals surface area contributed by atoms with Gasteiger partial charge < -0.3 is 4.42 Å². The number of nitrogens with zero attached hydrogens (tertiary/aromatic N) is 1. The molecule has 0 N–H and O–H groups in total. The molecule has 0 bridgehead atoms. The smallest absolute Gasteiger partial charge is 0.117 e. The van der Waals surface area contributed by atoms with Crippen molar-refractivity contribution < 1.29 is 4.42 Å². The molecule has 0 saturated heterocycles. The second-order valence-corrected chi connectivity index (χ2v) is 4.95. The fraction of sp³-hybridized carbons (Fsp3) is 0.375. The Balaban J connectivity index is 1.77. The minimum atomic E-state index is 0.919. The van der Waals surface area contributed by atoms with E-state index in [4.69, 9.17) is 4.42 Å². The van der Waals surface area contributed by atoms with Crippen LogP contribution in [0.15, 0.2) is 41.0 Å². The van der Waals surface area contributed by atoms with Crippen molar-refractivity contribution in [3.05, 3.63) is 59.0 Å². The summed E-state index contributed by atoms with van der Waals surface area (Å²) in [5.41, 5.74) is 4.59. The van der Waals surface area contributed by atoms with Gasteiger partial charge in [0.25, 0.3) is 0 Å². The predicted octanol–water partition coefficient (Wildman–Crippen LogP) is 3.40. The van der Waals surface area contributed by atoms with Crippen LogP contribution in [0.3, 0.4) is 0 Å². The molecule has 1 aromatic carbocycles. The lowest BCUT2D eigenvalue weighted by molar-refractivity contribution is 0.225. The first-order chi connectivity index (χ1) is 8.86. The van der Waals surface area contributed by atoms with Crippen LogP contribution in [-0.2, 0) is 25.9 Å². The van der Waals surface area contributed by atoms with Gasteiger partial charge in [-0.25, -0.2) is 0 Å². The van der Waals surface area contributed by atoms with Crippen LogP contribution in [0.5, 0.6) is 0 Å². The zero-order valence-corrected chi connectivity index (χ0v) is 10.9. The first-order valence-electron chi connectivity index (χ1n) is 6.71. The van der Waals surface area contributed by atoms with Crippen LogP contribution in [0, 0.1) is 0 Å². The highest BCUT2D eigenvalue weighted by atomic mass is 16.3. The van der Waals surface area contributed by atoms with Gasteiger partial charge in [0.1, 0.15) is 5.76 Å². The van der Waals surface area contributed by atoms with Crippen molar-refractivity contribution >= 4 is 0 Å². The number of hydrogen-bond acceptors (Lipinski definition) is 2. The molecule has 2 aromatic rings. The Morgan fingerprint density at radius 3 is 2.94 bits per heavy atom. The molecule has 0 atom stereocenters. The molecule has 0 spiro atoms. The van der Waals surface area contributed by atoms with Crippen LogP contribution < -0.4 is 0 Å². The van der Waals surface area contributed by atoms with Gasteiger partial charge in [0.15, 0.2) is 0 Å². The van der Waals surface area contributed by atoms with E-state index < -0.39 is 0 Å². The topological polar surface area (TPSA) is 16.4 Å². The first kappa shape index (κ1) is 11.5. The molecule has 0 amide bonds. The van der Waals surface area contributed by atoms with E-state index >= 15 is 0 Å². The van der Waals surface area contributed by atoms with Crippen LogP contribution in [0.2, 0.25) is 0 Å². The van der Waals surface area contributed by atoms with Gasteiger partial charge in [-0.1, -0.05) is 25.1 Å². The third-order valence-electron chi connectivity index (χ3n) is 3.78. The van der Waals surface area contributed by atoms with Gasteiger partial charge in [0.2, 0.25) is 0 Å². The van der Waals surface area contributed by atoms with E-state index in [1.54, 1.807) is 11.8 Å². The molecule has 3 rings (SSSR count). The summed E-state index contributed by atoms with van der Waals surface area (Å²) in [5.74, 6) is 1.06. The standard InChI is InChI=1S/C16H19NO/c1-2-13-5-3-6-14-11-17(9-8-16(13)14)12-15-7-4-10-18-15/h3-7,10H,2,8-9,11-12H2,1H3. The number of fused-ring (bicyclic) bond motifs is 1. The Kier molecular flexibility index (Phi) is 3.20. The van der Waals surface area contributed by atoms with Gasteiger partial charge in [-0.15, -0.1) is 0 Å². The van der Waals surface area contributed by atoms with Gasteiger partial charge >= 0.3 is 0 Å². The highest BCUT2D eigenvalue weighted by Crippen LogP contribution is 2.24. The maximum absolute atomic E-state index is 5.43. The number of benzene rings is 1. The Morgan fingerprint density at radius 2 is 2.17 bits per heavy atom. The molecule has 2 nitrogen and oxygen atoms in total. The molecule has 94 valence electrons. The Bertz CT molecular complexity index is 516. The largest absolute Gasteiger partial charge is 0.468 e. The van der Waals surface area contributed by atoms with E-state index in [0.717, 1.165) is 31.8 Å². The quantitative estimate of drug-likeness (QED) is 0.819. The van der Waals surface area contributed by atoms with Crippen LogP contribution in [0.1, 0.15) is 29.4 Å². The van der Waals surface area contributed by atoms with Gasteiger partial charge in [0, 0.05) is 13.1 Å². The minimum absolute atomic E-state index is 0.919. The summed E-state index contributed by atoms with van der Waals surface area (Å²) < 4.78 is 5.43. The molecular formula is C16H19NO. The normalized spacial score (nSPS) is 15.6. The molecule has 2 heterocycles. The summed E-state index contributed by atoms with van der Waals surface area (Å²) >= 11 is 0. The van der Waals surface area contributed by atoms with Gasteiger partial charge in [-0.3, -0.25) is 4.90 Å². The molecule has 2 heteroatoms. The van der Waals surface area contributed by atoms with Crippen molar-refractivity contribution in [3.63, 3.8) is 0 Å². The van der Waals surface area contributed by atoms with E-state index in [9.17, 15) is 0 Å². The third kappa shape index (κ3) is 2.21. The maximum atomic E-state index is 5.43. The van der Waals surface area contributed by atoms with Crippen LogP contribution in [-0.4, -0.2) is 11.4 Å². The Morgan fingerprint density at radius 1 is 1.22 bits per heavy atom. The molecule has 0 saturated carbocycles. The Hall–Kier alpha value is -1.54. The highest BCUT2D eigenvalue weighted by molar-refractivity contribution is 5.37. The predicted molar refractivity (Wildman–Crippen MR) is 72.3 cm³/mol. The summed E-state index contributed by atoms with van der Waals surface area (Å²) in [6.45, 7) is 5.34. The van der Waals surface area contributed by atoms with Crippen molar-refractivity contribution in [2.45, 2.75) is 32.9 Å². The van der Waals surface area contributed by atoms with Crippen LogP contribution in [0.25, 0.3) is 0 Å². The van der Waals surface area contributed by atoms with Crippen molar-refractivity contribution in [3.8, 4) is 0 Å². The summed E-state index contributed by atoms with van der Waals surface area (Å²) in [6.07, 6.45) is 4.06. The molecule has 1 aromatic heterocycles. The molecular weight excluding hydrogens is 222 g/mol. The average Bonchev–Trinajstić information content (AvgIpc) is 2.90. The van der Waals surface area contributed by atoms with Gasteiger partial charge in [0.05, 0.1) is 12.8 Å². The third-order valence-corrected chi connectivity index (χ3v) is 3.78. The van der Waals surface area contributed by atoms with Crippen molar-refractivity contribution in [1.29, 1.82) is 0 Å². The lowest BCUT2D eigenvalue weighted by atomic mass is 9.93. The number of aryl methyl sites for hydroxylation is 1. The van der Waals surface area contributed by atoms with Crippen LogP contribution in [0.4, 0.5) is 0 Å². The summed E-state index contributed by atoms with van der Waals surface area (Å²) in [5, 5.41) is 0. The van der Waals surface area contributed by atoms with Gasteiger partial charge in [-0.05, 0) is 41.7 Å². The van der Waals surface area contributed by atoms with E-state index in [1.165, 1.54) is 17.5 Å². The van der Waals surface area contributed by atoms with E-state index in [1.807, 2.05) is 6.07 Å². The van der Waals surface area contributed by atoms with Crippen LogP contribution >= 0.6 is 0 Å². The van der Waals surface area contributed by atoms with E-state index in [-0.39, 0.29) is 0 Å². The zero-order valence-electron chi connectivity index (χ0n) is 10.9. The number of rotatable bonds is 3. The molecule has 18 heavy (non-hydrogen) atoms. The zero-order chi connectivity index (χ0) is 12.4. The summed E-state index contributed by atoms with van der Waals surface area (Å²) in [7, 11) is 0. The van der Waals surface area contributed by atoms with Gasteiger partial charge in [-0.2, -0.15) is 0 Å². The highest BCUT2D eigenvalue weighted by Gasteiger charge is 2.18. The number of furan rings is 1. The fourth-order valence-corrected chi connectivity index (χ4v) is 2.84. The minimum Gasteiger partial charge on any atom is -0.468 e. The summed E-state index contributed by atoms with van der Waals surface area (Å²) in [4.78, 5) is 2.46. The Labute approximate surface area is 108 Å². The van der Waals surface area contributed by atoms with Crippen molar-refractivity contribution in [2.75, 3.05) is 6.54 Å². The average molecular weight is 241 g/mol. The number of hydrogen-bond donors (Lipinski definition) is 0. The van der Waals surface area contributed by atoms with Crippen molar-refractivity contribution in [1.82, 2.24) is 4.90 Å². The van der Waals surface area contributed by atoms with E-state index in [2.05, 4.69) is 36.1 Å².